The van der Waals surface area contributed by atoms with E-state index in [0.29, 0.717) is 12.8 Å². The molecule has 8 nitrogen and oxygen atoms in total. The van der Waals surface area contributed by atoms with Crippen LogP contribution >= 0.6 is 0 Å². The zero-order chi connectivity index (χ0) is 24.5. The second kappa shape index (κ2) is 18.6. The minimum absolute atomic E-state index is 0. The normalized spacial score (nSPS) is 12.9. The van der Waals surface area contributed by atoms with Gasteiger partial charge in [-0.1, -0.05) is 0 Å². The molecule has 181 valence electrons. The summed E-state index contributed by atoms with van der Waals surface area (Å²) in [6.07, 6.45) is 3.31. The van der Waals surface area contributed by atoms with Crippen molar-refractivity contribution in [2.24, 2.45) is 5.41 Å². The molecule has 0 spiro atoms. The number of aliphatic hydroxyl groups is 2. The summed E-state index contributed by atoms with van der Waals surface area (Å²) in [5.41, 5.74) is -0.955. The number of hydrogen-bond acceptors (Lipinski definition) is 8. The fraction of sp³-hybridized carbons (Fsp3) is 0.591. The van der Waals surface area contributed by atoms with Crippen LogP contribution in [0.25, 0.3) is 0 Å². The first-order chi connectivity index (χ1) is 13.5. The molecule has 0 aliphatic rings. The maximum absolute atomic E-state index is 10.6. The van der Waals surface area contributed by atoms with Crippen molar-refractivity contribution in [1.82, 2.24) is 0 Å². The number of nitrogens with zero attached hydrogens (tertiary/aromatic N) is 1. The predicted molar refractivity (Wildman–Crippen MR) is 114 cm³/mol. The number of nitriles is 1. The van der Waals surface area contributed by atoms with Crippen molar-refractivity contribution in [3.63, 3.8) is 0 Å². The number of ketones is 2. The molecule has 0 aliphatic carbocycles. The fourth-order valence-electron chi connectivity index (χ4n) is 2.10. The molecule has 0 aromatic heterocycles. The maximum atomic E-state index is 10.6. The number of carbonyl (C=O) groups excluding carboxylic acids is 3. The van der Waals surface area contributed by atoms with Gasteiger partial charge in [0.2, 0.25) is 0 Å². The maximum Gasteiger partial charge on any atom is 0.271 e. The van der Waals surface area contributed by atoms with E-state index in [2.05, 4.69) is 6.07 Å². The first-order valence-corrected chi connectivity index (χ1v) is 9.21. The predicted octanol–water partition coefficient (Wildman–Crippen LogP) is 4.52. The van der Waals surface area contributed by atoms with Gasteiger partial charge in [-0.05, 0) is 54.9 Å². The van der Waals surface area contributed by atoms with Crippen LogP contribution in [0.2, 0.25) is 0 Å². The standard InChI is InChI=1S/C12H20NO3.2C5H8O2.Co/c1-10(14)16-7-6-12(4,9-13)8-11(2,3)15-5;2*1-4(6)3-5(2)7;/h7H,6,8H2,1-5H3;2*3,6H,1-2H3;/q-1;;;/b;2*4-3-;. The van der Waals surface area contributed by atoms with Gasteiger partial charge in [0.05, 0.1) is 23.2 Å². The van der Waals surface area contributed by atoms with E-state index in [-0.39, 0.29) is 51.4 Å². The van der Waals surface area contributed by atoms with Gasteiger partial charge in [-0.15, -0.1) is 6.42 Å². The molecule has 0 heterocycles. The molecule has 1 atom stereocenters. The van der Waals surface area contributed by atoms with E-state index < -0.39 is 5.41 Å². The number of methoxy groups -OCH3 is 1. The topological polar surface area (TPSA) is 134 Å². The molecule has 2 N–H and O–H groups in total. The van der Waals surface area contributed by atoms with Crippen LogP contribution in [0.4, 0.5) is 0 Å². The summed E-state index contributed by atoms with van der Waals surface area (Å²) in [5, 5.41) is 25.9. The average molecular weight is 485 g/mol. The van der Waals surface area contributed by atoms with E-state index in [9.17, 15) is 14.4 Å². The molecule has 1 radical (unpaired) electrons. The molecule has 0 amide bonds. The van der Waals surface area contributed by atoms with Gasteiger partial charge in [0, 0.05) is 48.4 Å². The van der Waals surface area contributed by atoms with Crippen LogP contribution < -0.4 is 0 Å². The zero-order valence-electron chi connectivity index (χ0n) is 19.9. The van der Waals surface area contributed by atoms with Crippen LogP contribution in [0.1, 0.15) is 68.2 Å². The van der Waals surface area contributed by atoms with E-state index in [1.54, 1.807) is 7.11 Å². The molecule has 0 bridgehead atoms. The first-order valence-electron chi connectivity index (χ1n) is 9.21. The second-order valence-corrected chi connectivity index (χ2v) is 7.59. The van der Waals surface area contributed by atoms with E-state index in [4.69, 9.17) is 24.9 Å². The van der Waals surface area contributed by atoms with Gasteiger partial charge in [-0.25, -0.2) is 0 Å². The number of rotatable bonds is 8. The molecular formula is C22H36CoNO7-. The van der Waals surface area contributed by atoms with Gasteiger partial charge in [0.1, 0.15) is 0 Å². The molecule has 0 aromatic rings. The summed E-state index contributed by atoms with van der Waals surface area (Å²) in [4.78, 5) is 30.6. The summed E-state index contributed by atoms with van der Waals surface area (Å²) in [6.45, 7) is 14.1. The molecular weight excluding hydrogens is 449 g/mol. The third kappa shape index (κ3) is 30.1. The number of hydrogen-bond donors (Lipinski definition) is 2. The largest absolute Gasteiger partial charge is 0.637 e. The Labute approximate surface area is 196 Å². The molecule has 31 heavy (non-hydrogen) atoms. The second-order valence-electron chi connectivity index (χ2n) is 7.59. The summed E-state index contributed by atoms with van der Waals surface area (Å²) in [6, 6.07) is 2.24. The monoisotopic (exact) mass is 485 g/mol. The first kappa shape index (κ1) is 36.2. The molecule has 0 fully saturated rings. The van der Waals surface area contributed by atoms with Gasteiger partial charge in [-0.3, -0.25) is 14.4 Å². The van der Waals surface area contributed by atoms with Crippen molar-refractivity contribution in [2.45, 2.75) is 73.8 Å². The Hall–Kier alpha value is -2.15. The molecule has 1 unspecified atom stereocenters. The number of allylic oxidation sites excluding steroid dienone is 4. The average Bonchev–Trinajstić information content (AvgIpc) is 2.52. The number of aliphatic hydroxyl groups excluding tert-OH is 2. The van der Waals surface area contributed by atoms with E-state index in [1.807, 2.05) is 20.8 Å². The van der Waals surface area contributed by atoms with Crippen molar-refractivity contribution < 1.29 is 50.8 Å². The fourth-order valence-corrected chi connectivity index (χ4v) is 2.10. The van der Waals surface area contributed by atoms with E-state index in [0.717, 1.165) is 0 Å². The van der Waals surface area contributed by atoms with Crippen molar-refractivity contribution >= 4 is 17.5 Å². The third-order valence-corrected chi connectivity index (χ3v) is 3.25. The van der Waals surface area contributed by atoms with Gasteiger partial charge >= 0.3 is 0 Å². The van der Waals surface area contributed by atoms with E-state index in [1.165, 1.54) is 53.4 Å². The molecule has 0 saturated heterocycles. The quantitative estimate of drug-likeness (QED) is 0.222. The van der Waals surface area contributed by atoms with Crippen molar-refractivity contribution in [1.29, 1.82) is 5.26 Å². The molecule has 0 aromatic carbocycles. The van der Waals surface area contributed by atoms with Crippen LogP contribution in [0, 0.1) is 23.4 Å². The summed E-state index contributed by atoms with van der Waals surface area (Å²) in [7, 11) is 1.62. The Kier molecular flexibility index (Phi) is 21.7. The summed E-state index contributed by atoms with van der Waals surface area (Å²) >= 11 is 0. The smallest absolute Gasteiger partial charge is 0.271 e. The minimum Gasteiger partial charge on any atom is -0.637 e. The van der Waals surface area contributed by atoms with Gasteiger partial charge in [0.15, 0.2) is 11.6 Å². The third-order valence-electron chi connectivity index (χ3n) is 3.25. The Morgan fingerprint density at radius 1 is 0.968 bits per heavy atom. The van der Waals surface area contributed by atoms with Gasteiger partial charge in [0.25, 0.3) is 5.97 Å². The zero-order valence-corrected chi connectivity index (χ0v) is 20.9. The number of esters is 1. The summed E-state index contributed by atoms with van der Waals surface area (Å²) in [5.74, 6) is -0.494. The Morgan fingerprint density at radius 3 is 1.55 bits per heavy atom. The molecule has 0 rings (SSSR count). The Balaban J connectivity index is -0.000000202. The number of ether oxygens (including phenoxy) is 2. The van der Waals surface area contributed by atoms with Gasteiger partial charge in [-0.2, -0.15) is 11.9 Å². The van der Waals surface area contributed by atoms with Crippen molar-refractivity contribution in [3.8, 4) is 6.07 Å². The minimum atomic E-state index is -0.588. The SMILES string of the molecule is CC(=O)/C=C(/C)O.CC(=O)/C=C(/C)O.COC(C)(C)CC(C)(C#N)C[CH-]OC(C)=O.[Co]. The van der Waals surface area contributed by atoms with Crippen LogP contribution in [0.3, 0.4) is 0 Å². The van der Waals surface area contributed by atoms with Crippen LogP contribution in [0.5, 0.6) is 0 Å². The van der Waals surface area contributed by atoms with Crippen LogP contribution in [-0.4, -0.2) is 40.5 Å². The van der Waals surface area contributed by atoms with Crippen LogP contribution in [-0.2, 0) is 40.6 Å². The molecule has 0 saturated carbocycles. The van der Waals surface area contributed by atoms with Crippen molar-refractivity contribution in [2.75, 3.05) is 7.11 Å². The Bertz CT molecular complexity index is 627. The van der Waals surface area contributed by atoms with Crippen LogP contribution in [0.15, 0.2) is 23.7 Å². The number of carbonyl (C=O) groups is 3. The van der Waals surface area contributed by atoms with Gasteiger partial charge < -0.3 is 19.7 Å². The van der Waals surface area contributed by atoms with E-state index >= 15 is 0 Å². The Morgan fingerprint density at radius 2 is 1.35 bits per heavy atom. The van der Waals surface area contributed by atoms with Crippen molar-refractivity contribution in [3.05, 3.63) is 30.3 Å². The molecule has 9 heteroatoms. The molecule has 0 aliphatic heterocycles. The summed E-state index contributed by atoms with van der Waals surface area (Å²) < 4.78 is 10.0.